The number of esters is 1. The topological polar surface area (TPSA) is 46.6 Å². The number of halogens is 1. The lowest BCUT2D eigenvalue weighted by molar-refractivity contribution is -0.136. The van der Waals surface area contributed by atoms with Gasteiger partial charge in [-0.2, -0.15) is 0 Å². The van der Waals surface area contributed by atoms with Gasteiger partial charge >= 0.3 is 5.97 Å². The summed E-state index contributed by atoms with van der Waals surface area (Å²) in [5.41, 5.74) is 0.444. The number of carbonyl (C=O) groups is 2. The highest BCUT2D eigenvalue weighted by atomic mass is 79.9. The van der Waals surface area contributed by atoms with Crippen molar-refractivity contribution in [1.29, 1.82) is 0 Å². The first-order valence-electron chi connectivity index (χ1n) is 6.76. The molecular weight excluding hydrogens is 322 g/mol. The molecule has 0 aliphatic carbocycles. The third-order valence-electron chi connectivity index (χ3n) is 3.40. The van der Waals surface area contributed by atoms with Crippen molar-refractivity contribution in [3.05, 3.63) is 34.3 Å². The zero-order valence-corrected chi connectivity index (χ0v) is 13.1. The molecule has 0 aromatic heterocycles. The molecule has 1 fully saturated rings. The Bertz CT molecular complexity index is 504. The largest absolute Gasteiger partial charge is 0.452 e. The minimum atomic E-state index is -0.468. The van der Waals surface area contributed by atoms with Crippen LogP contribution in [0.1, 0.15) is 30.1 Å². The molecule has 1 unspecified atom stereocenters. The number of amides is 1. The van der Waals surface area contributed by atoms with Crippen molar-refractivity contribution in [2.75, 3.05) is 19.7 Å². The van der Waals surface area contributed by atoms with Gasteiger partial charge in [-0.3, -0.25) is 4.79 Å². The highest BCUT2D eigenvalue weighted by Gasteiger charge is 2.22. The van der Waals surface area contributed by atoms with Gasteiger partial charge in [-0.05, 0) is 37.0 Å². The predicted octanol–water partition coefficient (Wildman–Crippen LogP) is 2.86. The summed E-state index contributed by atoms with van der Waals surface area (Å²) in [6.45, 7) is 3.47. The minimum absolute atomic E-state index is 0.111. The van der Waals surface area contributed by atoms with E-state index in [0.29, 0.717) is 11.5 Å². The predicted molar refractivity (Wildman–Crippen MR) is 79.4 cm³/mol. The van der Waals surface area contributed by atoms with E-state index in [-0.39, 0.29) is 12.5 Å². The standard InChI is InChI=1S/C15H18BrNO3/c1-11-4-3-7-17(9-11)14(18)10-20-15(19)12-5-2-6-13(16)8-12/h2,5-6,8,11H,3-4,7,9-10H2,1H3. The molecule has 1 atom stereocenters. The van der Waals surface area contributed by atoms with Gasteiger partial charge in [0.15, 0.2) is 6.61 Å². The Hall–Kier alpha value is -1.36. The van der Waals surface area contributed by atoms with Crippen LogP contribution in [0.3, 0.4) is 0 Å². The zero-order valence-electron chi connectivity index (χ0n) is 11.5. The average Bonchev–Trinajstić information content (AvgIpc) is 2.44. The van der Waals surface area contributed by atoms with Crippen molar-refractivity contribution in [2.24, 2.45) is 5.92 Å². The molecule has 4 nitrogen and oxygen atoms in total. The van der Waals surface area contributed by atoms with E-state index < -0.39 is 5.97 Å². The molecule has 0 bridgehead atoms. The first kappa shape index (κ1) is 15.0. The number of rotatable bonds is 3. The van der Waals surface area contributed by atoms with Crippen LogP contribution in [-0.2, 0) is 9.53 Å². The fourth-order valence-corrected chi connectivity index (χ4v) is 2.73. The van der Waals surface area contributed by atoms with E-state index >= 15 is 0 Å². The lowest BCUT2D eigenvalue weighted by Crippen LogP contribution is -2.41. The second kappa shape index (κ2) is 6.88. The Balaban J connectivity index is 1.85. The maximum Gasteiger partial charge on any atom is 0.338 e. The molecule has 108 valence electrons. The van der Waals surface area contributed by atoms with Gasteiger partial charge in [-0.1, -0.05) is 28.9 Å². The van der Waals surface area contributed by atoms with Crippen LogP contribution in [0.2, 0.25) is 0 Å². The van der Waals surface area contributed by atoms with Gasteiger partial charge in [-0.15, -0.1) is 0 Å². The molecule has 1 amide bonds. The van der Waals surface area contributed by atoms with Crippen LogP contribution >= 0.6 is 15.9 Å². The number of hydrogen-bond donors (Lipinski definition) is 0. The summed E-state index contributed by atoms with van der Waals surface area (Å²) in [5, 5.41) is 0. The van der Waals surface area contributed by atoms with Gasteiger partial charge in [0.1, 0.15) is 0 Å². The van der Waals surface area contributed by atoms with Crippen molar-refractivity contribution in [2.45, 2.75) is 19.8 Å². The van der Waals surface area contributed by atoms with Gasteiger partial charge < -0.3 is 9.64 Å². The Morgan fingerprint density at radius 1 is 1.45 bits per heavy atom. The van der Waals surface area contributed by atoms with Gasteiger partial charge in [0, 0.05) is 17.6 Å². The van der Waals surface area contributed by atoms with E-state index in [9.17, 15) is 9.59 Å². The molecular formula is C15H18BrNO3. The summed E-state index contributed by atoms with van der Waals surface area (Å²) in [4.78, 5) is 25.6. The van der Waals surface area contributed by atoms with E-state index in [1.165, 1.54) is 0 Å². The zero-order chi connectivity index (χ0) is 14.5. The molecule has 0 saturated carbocycles. The van der Waals surface area contributed by atoms with E-state index in [2.05, 4.69) is 22.9 Å². The van der Waals surface area contributed by atoms with Crippen LogP contribution in [0.15, 0.2) is 28.7 Å². The fourth-order valence-electron chi connectivity index (χ4n) is 2.33. The lowest BCUT2D eigenvalue weighted by atomic mass is 10.0. The fraction of sp³-hybridized carbons (Fsp3) is 0.467. The molecule has 1 aliphatic heterocycles. The summed E-state index contributed by atoms with van der Waals surface area (Å²) in [7, 11) is 0. The summed E-state index contributed by atoms with van der Waals surface area (Å²) in [6, 6.07) is 6.93. The number of piperidine rings is 1. The van der Waals surface area contributed by atoms with Gasteiger partial charge in [-0.25, -0.2) is 4.79 Å². The molecule has 1 aliphatic rings. The lowest BCUT2D eigenvalue weighted by Gasteiger charge is -2.30. The number of carbonyl (C=O) groups excluding carboxylic acids is 2. The smallest absolute Gasteiger partial charge is 0.338 e. The van der Waals surface area contributed by atoms with Gasteiger partial charge in [0.25, 0.3) is 5.91 Å². The summed E-state index contributed by atoms with van der Waals surface area (Å²) in [5.74, 6) is -0.0573. The molecule has 1 heterocycles. The second-order valence-electron chi connectivity index (χ2n) is 5.17. The van der Waals surface area contributed by atoms with Crippen LogP contribution in [0.25, 0.3) is 0 Å². The second-order valence-corrected chi connectivity index (χ2v) is 6.09. The summed E-state index contributed by atoms with van der Waals surface area (Å²) >= 11 is 3.30. The first-order valence-corrected chi connectivity index (χ1v) is 7.56. The molecule has 1 saturated heterocycles. The highest BCUT2D eigenvalue weighted by molar-refractivity contribution is 9.10. The highest BCUT2D eigenvalue weighted by Crippen LogP contribution is 2.16. The molecule has 0 N–H and O–H groups in total. The Morgan fingerprint density at radius 2 is 2.25 bits per heavy atom. The number of nitrogens with zero attached hydrogens (tertiary/aromatic N) is 1. The van der Waals surface area contributed by atoms with E-state index in [0.717, 1.165) is 30.4 Å². The summed E-state index contributed by atoms with van der Waals surface area (Å²) < 4.78 is 5.89. The number of benzene rings is 1. The molecule has 0 radical (unpaired) electrons. The van der Waals surface area contributed by atoms with Crippen LogP contribution in [0.4, 0.5) is 0 Å². The van der Waals surface area contributed by atoms with E-state index in [1.54, 1.807) is 23.1 Å². The van der Waals surface area contributed by atoms with Gasteiger partial charge in [0.05, 0.1) is 5.56 Å². The molecule has 1 aromatic rings. The third kappa shape index (κ3) is 4.07. The normalized spacial score (nSPS) is 18.7. The molecule has 1 aromatic carbocycles. The molecule has 20 heavy (non-hydrogen) atoms. The van der Waals surface area contributed by atoms with Crippen LogP contribution in [0, 0.1) is 5.92 Å². The van der Waals surface area contributed by atoms with Crippen molar-refractivity contribution in [3.63, 3.8) is 0 Å². The SMILES string of the molecule is CC1CCCN(C(=O)COC(=O)c2cccc(Br)c2)C1. The molecule has 0 spiro atoms. The van der Waals surface area contributed by atoms with Crippen molar-refractivity contribution in [3.8, 4) is 0 Å². The third-order valence-corrected chi connectivity index (χ3v) is 3.89. The minimum Gasteiger partial charge on any atom is -0.452 e. The quantitative estimate of drug-likeness (QED) is 0.795. The van der Waals surface area contributed by atoms with Crippen LogP contribution < -0.4 is 0 Å². The van der Waals surface area contributed by atoms with Crippen molar-refractivity contribution < 1.29 is 14.3 Å². The van der Waals surface area contributed by atoms with Crippen molar-refractivity contribution >= 4 is 27.8 Å². The van der Waals surface area contributed by atoms with E-state index in [1.807, 2.05) is 6.07 Å². The Morgan fingerprint density at radius 3 is 2.95 bits per heavy atom. The maximum atomic E-state index is 12.0. The first-order chi connectivity index (χ1) is 9.56. The number of likely N-dealkylation sites (tertiary alicyclic amines) is 1. The van der Waals surface area contributed by atoms with Gasteiger partial charge in [0.2, 0.25) is 0 Å². The molecule has 5 heteroatoms. The van der Waals surface area contributed by atoms with Crippen LogP contribution in [0.5, 0.6) is 0 Å². The Kier molecular flexibility index (Phi) is 5.17. The van der Waals surface area contributed by atoms with E-state index in [4.69, 9.17) is 4.74 Å². The maximum absolute atomic E-state index is 12.0. The average molecular weight is 340 g/mol. The Labute approximate surface area is 127 Å². The van der Waals surface area contributed by atoms with Crippen molar-refractivity contribution in [1.82, 2.24) is 4.90 Å². The van der Waals surface area contributed by atoms with Crippen LogP contribution in [-0.4, -0.2) is 36.5 Å². The monoisotopic (exact) mass is 339 g/mol. The number of hydrogen-bond acceptors (Lipinski definition) is 3. The number of ether oxygens (including phenoxy) is 1. The molecule has 2 rings (SSSR count). The summed E-state index contributed by atoms with van der Waals surface area (Å²) in [6.07, 6.45) is 2.17.